The Morgan fingerprint density at radius 3 is 1.07 bits per heavy atom. The van der Waals surface area contributed by atoms with Gasteiger partial charge in [-0.2, -0.15) is 0 Å². The first kappa shape index (κ1) is 106. The van der Waals surface area contributed by atoms with E-state index in [4.69, 9.17) is 98.5 Å². The molecule has 6 aliphatic heterocycles. The van der Waals surface area contributed by atoms with Crippen LogP contribution >= 0.6 is 78.3 Å². The average molecular weight is 2000 g/mol. The molecule has 130 heavy (non-hydrogen) atoms. The molecule has 6 atom stereocenters. The molecule has 8 aliphatic rings. The van der Waals surface area contributed by atoms with Crippen LogP contribution in [-0.4, -0.2) is 201 Å². The van der Waals surface area contributed by atoms with E-state index in [-0.39, 0.29) is 142 Å². The van der Waals surface area contributed by atoms with Gasteiger partial charge in [-0.25, -0.2) is 19.2 Å². The first-order valence-electron chi connectivity index (χ1n) is 43.4. The summed E-state index contributed by atoms with van der Waals surface area (Å²) in [6, 6.07) is 18.0. The Labute approximate surface area is 808 Å². The molecule has 8 heterocycles. The van der Waals surface area contributed by atoms with E-state index in [1.807, 2.05) is 70.0 Å². The normalized spacial score (nSPS) is 20.1. The molecule has 4 fully saturated rings. The number of carboxylic acids is 1. The van der Waals surface area contributed by atoms with Crippen LogP contribution in [0.4, 0.5) is 0 Å². The minimum atomic E-state index is -1.23. The van der Waals surface area contributed by atoms with E-state index in [0.29, 0.717) is 107 Å². The van der Waals surface area contributed by atoms with Crippen molar-refractivity contribution in [2.45, 2.75) is 212 Å². The molecule has 27 nitrogen and oxygen atoms in total. The summed E-state index contributed by atoms with van der Waals surface area (Å²) in [6.07, 6.45) is 23.7. The van der Waals surface area contributed by atoms with E-state index in [2.05, 4.69) is 107 Å². The second kappa shape index (κ2) is 46.4. The SMILES string of the molecule is CCOC(=O)C1=CC(N2C(c3cc(OCCCOC)c(Cl)cc3Br)CCC2(C)C)C=CC1=O.CCOC(=O)C1=CC(N2C(c3cc(OCCCOC)c(Cl)cc3Br)CCC2(C)C)C=CC1=O.CCOC(=O)c1cn2c(cc1=O)-c1cc(Cl)c(OCCCOC)cc1C1CCC(C)(C)N12.COCCCOc1cc2c(cc1Cl)-c1cc(=O)c(C(=O)O)cn1N1C2CCC1(C)C.[Li+].[OH-]. The van der Waals surface area contributed by atoms with Gasteiger partial charge in [0, 0.05) is 160 Å². The van der Waals surface area contributed by atoms with Gasteiger partial charge < -0.3 is 62.7 Å². The summed E-state index contributed by atoms with van der Waals surface area (Å²) in [5, 5.41) is 15.9. The van der Waals surface area contributed by atoms with E-state index < -0.39 is 29.3 Å². The minimum Gasteiger partial charge on any atom is -0.870 e. The molecule has 0 saturated carbocycles. The molecule has 4 saturated heterocycles. The molecule has 0 bridgehead atoms. The van der Waals surface area contributed by atoms with Crippen molar-refractivity contribution in [2.24, 2.45) is 0 Å². The molecule has 0 spiro atoms. The number of pyridine rings is 2. The molecule has 2 N–H and O–H groups in total. The molecule has 4 aromatic carbocycles. The fourth-order valence-corrected chi connectivity index (χ4v) is 20.6. The Morgan fingerprint density at radius 1 is 0.423 bits per heavy atom. The maximum Gasteiger partial charge on any atom is 1.00 e. The zero-order valence-corrected chi connectivity index (χ0v) is 82.9. The zero-order chi connectivity index (χ0) is 93.0. The number of methoxy groups -OCH3 is 4. The number of ether oxygens (including phenoxy) is 11. The Bertz CT molecular complexity index is 5230. The number of rotatable bonds is 31. The van der Waals surface area contributed by atoms with E-state index >= 15 is 0 Å². The van der Waals surface area contributed by atoms with Crippen molar-refractivity contribution in [3.63, 3.8) is 0 Å². The molecule has 2 aliphatic carbocycles. The standard InChI is InChI=1S/2C25H31BrClNO5.C24H29ClN2O5.C22H25ClN2O5.Li.H2O/c2*1-5-32-24(30)18-13-16(7-8-22(18)29)28-21(9-10-25(28,2)3)17-14-23(20(27)15-19(17)26)33-12-6-11-31-4;1-5-31-23(29)17-14-26-20(13-21(17)28)15-11-18(25)22(32-10-6-9-30-4)12-16(15)19-7-8-24(2,3)27(19)26;1-22(2)6-5-17-14-10-20(30-8-4-7-29-3)16(23)9-13(14)18-11-19(26)15(21(27)28)12-24(18)25(17)22;;/h2*7-8,13-16,21H,5-6,9-12H2,1-4H3;11-14,19H,5-10H2,1-4H3;9-12,17H,4-8H2,1-3H3,(H,27,28);;1H2/q;;;;+1;/p-1. The predicted octanol–water partition coefficient (Wildman–Crippen LogP) is 15.9. The van der Waals surface area contributed by atoms with Gasteiger partial charge in [-0.1, -0.05) is 90.4 Å². The molecule has 0 amide bonds. The Morgan fingerprint density at radius 2 is 0.731 bits per heavy atom. The molecule has 6 aromatic rings. The zero-order valence-electron chi connectivity index (χ0n) is 76.7. The van der Waals surface area contributed by atoms with Gasteiger partial charge >= 0.3 is 42.7 Å². The van der Waals surface area contributed by atoms with Crippen LogP contribution in [0.1, 0.15) is 220 Å². The second-order valence-electron chi connectivity index (χ2n) is 34.7. The molecule has 6 unspecified atom stereocenters. The van der Waals surface area contributed by atoms with Crippen LogP contribution in [0.15, 0.2) is 139 Å². The number of carboxylic acid groups (broad SMARTS) is 1. The van der Waals surface area contributed by atoms with Gasteiger partial charge in [-0.05, 0) is 223 Å². The maximum atomic E-state index is 12.8. The van der Waals surface area contributed by atoms with Crippen LogP contribution in [-0.2, 0) is 52.3 Å². The van der Waals surface area contributed by atoms with Crippen molar-refractivity contribution < 1.29 is 110 Å². The Balaban J connectivity index is 0.000000194. The number of hydrogen-bond acceptors (Lipinski definition) is 24. The largest absolute Gasteiger partial charge is 1.00 e. The van der Waals surface area contributed by atoms with Gasteiger partial charge in [0.15, 0.2) is 22.4 Å². The number of carbonyl (C=O) groups excluding carboxylic acids is 5. The summed E-state index contributed by atoms with van der Waals surface area (Å²) in [5.41, 5.74) is 5.66. The number of carbonyl (C=O) groups is 6. The number of esters is 3. The van der Waals surface area contributed by atoms with E-state index in [1.54, 1.807) is 67.6 Å². The van der Waals surface area contributed by atoms with Crippen molar-refractivity contribution >= 4 is 114 Å². The van der Waals surface area contributed by atoms with E-state index in [1.165, 1.54) is 30.5 Å². The third-order valence-corrected chi connectivity index (χ3v) is 26.9. The Kier molecular flexibility index (Phi) is 37.8. The summed E-state index contributed by atoms with van der Waals surface area (Å²) in [7, 11) is 6.64. The number of nitrogens with zero attached hydrogens (tertiary/aromatic N) is 6. The summed E-state index contributed by atoms with van der Waals surface area (Å²) in [6.45, 7) is 27.6. The molecular formula is C96H117Br2Cl4LiN6O21. The van der Waals surface area contributed by atoms with Gasteiger partial charge in [-0.15, -0.1) is 0 Å². The maximum absolute atomic E-state index is 12.8. The third kappa shape index (κ3) is 23.9. The van der Waals surface area contributed by atoms with Gasteiger partial charge in [0.25, 0.3) is 0 Å². The molecule has 700 valence electrons. The second-order valence-corrected chi connectivity index (χ2v) is 38.1. The predicted molar refractivity (Wildman–Crippen MR) is 503 cm³/mol. The quantitative estimate of drug-likeness (QED) is 0.0139. The number of allylic oxidation sites excluding steroid dienone is 2. The van der Waals surface area contributed by atoms with Gasteiger partial charge in [0.1, 0.15) is 45.3 Å². The average Bonchev–Trinajstić information content (AvgIpc) is 1.51. The first-order chi connectivity index (χ1) is 60.9. The molecular weight excluding hydrogens is 1880 g/mol. The van der Waals surface area contributed by atoms with Crippen molar-refractivity contribution in [1.29, 1.82) is 0 Å². The number of aromatic nitrogens is 2. The minimum absolute atomic E-state index is 0. The van der Waals surface area contributed by atoms with Crippen molar-refractivity contribution in [2.75, 3.05) is 111 Å². The van der Waals surface area contributed by atoms with Crippen molar-refractivity contribution in [3.8, 4) is 45.5 Å². The van der Waals surface area contributed by atoms with E-state index in [9.17, 15) is 43.5 Å². The van der Waals surface area contributed by atoms with Gasteiger partial charge in [0.05, 0.1) is 101 Å². The fourth-order valence-electron chi connectivity index (χ4n) is 18.3. The number of likely N-dealkylation sites (tertiary alicyclic amines) is 2. The number of hydrogen-bond donors (Lipinski definition) is 1. The number of fused-ring (bicyclic) bond motifs is 12. The van der Waals surface area contributed by atoms with Crippen LogP contribution < -0.4 is 58.7 Å². The van der Waals surface area contributed by atoms with Crippen LogP contribution in [0.5, 0.6) is 23.0 Å². The summed E-state index contributed by atoms with van der Waals surface area (Å²) in [5.74, 6) is -1.14. The number of benzene rings is 4. The fraction of sp³-hybridized carbons (Fsp3) is 0.500. The first-order valence-corrected chi connectivity index (χ1v) is 46.5. The smallest absolute Gasteiger partial charge is 0.870 e. The van der Waals surface area contributed by atoms with Crippen LogP contribution in [0.25, 0.3) is 22.5 Å². The number of ketones is 2. The number of aromatic carboxylic acids is 1. The van der Waals surface area contributed by atoms with Gasteiger partial charge in [0.2, 0.25) is 0 Å². The van der Waals surface area contributed by atoms with Crippen molar-refractivity contribution in [1.82, 2.24) is 19.2 Å². The molecule has 34 heteroatoms. The third-order valence-electron chi connectivity index (χ3n) is 24.3. The Hall–Kier alpha value is -7.80. The summed E-state index contributed by atoms with van der Waals surface area (Å²) in [4.78, 5) is 103. The monoisotopic (exact) mass is 1990 g/mol. The number of halogens is 6. The summed E-state index contributed by atoms with van der Waals surface area (Å²) >= 11 is 33.4. The van der Waals surface area contributed by atoms with E-state index in [0.717, 1.165) is 119 Å². The molecule has 0 radical (unpaired) electrons. The van der Waals surface area contributed by atoms with Crippen LogP contribution in [0.2, 0.25) is 20.1 Å². The summed E-state index contributed by atoms with van der Waals surface area (Å²) < 4.78 is 64.9. The molecule has 14 rings (SSSR count). The van der Waals surface area contributed by atoms with Gasteiger partial charge in [-0.3, -0.25) is 48.3 Å². The topological polar surface area (TPSA) is 311 Å². The van der Waals surface area contributed by atoms with Crippen molar-refractivity contribution in [3.05, 3.63) is 204 Å². The van der Waals surface area contributed by atoms with Crippen LogP contribution in [0.3, 0.4) is 0 Å². The van der Waals surface area contributed by atoms with Crippen LogP contribution in [0, 0.1) is 0 Å². The molecule has 2 aromatic heterocycles.